The number of carbonyl (C=O) groups is 2. The van der Waals surface area contributed by atoms with E-state index in [4.69, 9.17) is 0 Å². The summed E-state index contributed by atoms with van der Waals surface area (Å²) >= 11 is 0. The predicted octanol–water partition coefficient (Wildman–Crippen LogP) is 1.24. The summed E-state index contributed by atoms with van der Waals surface area (Å²) < 4.78 is 0. The van der Waals surface area contributed by atoms with Crippen molar-refractivity contribution in [2.24, 2.45) is 11.8 Å². The number of hydrogen-bond donors (Lipinski definition) is 1. The molecule has 3 fully saturated rings. The van der Waals surface area contributed by atoms with Gasteiger partial charge in [-0.05, 0) is 38.8 Å². The van der Waals surface area contributed by atoms with Gasteiger partial charge in [-0.2, -0.15) is 0 Å². The minimum Gasteiger partial charge on any atom is -0.339 e. The van der Waals surface area contributed by atoms with E-state index in [0.717, 1.165) is 65.0 Å². The zero-order valence-electron chi connectivity index (χ0n) is 13.6. The highest BCUT2D eigenvalue weighted by molar-refractivity contribution is 5.81. The normalized spacial score (nSPS) is 25.3. The highest BCUT2D eigenvalue weighted by Crippen LogP contribution is 2.26. The van der Waals surface area contributed by atoms with Crippen LogP contribution in [0.5, 0.6) is 0 Å². The second-order valence-electron chi connectivity index (χ2n) is 7.01. The van der Waals surface area contributed by atoms with E-state index in [2.05, 4.69) is 5.32 Å². The van der Waals surface area contributed by atoms with Gasteiger partial charge in [0.2, 0.25) is 11.8 Å². The van der Waals surface area contributed by atoms with Crippen LogP contribution in [0.15, 0.2) is 0 Å². The fourth-order valence-electron chi connectivity index (χ4n) is 4.08. The first-order chi connectivity index (χ1) is 10.8. The molecule has 2 heterocycles. The maximum Gasteiger partial charge on any atom is 0.225 e. The second kappa shape index (κ2) is 7.44. The van der Waals surface area contributed by atoms with Gasteiger partial charge in [0, 0.05) is 38.0 Å². The molecule has 2 amide bonds. The molecule has 5 nitrogen and oxygen atoms in total. The molecule has 0 aromatic carbocycles. The highest BCUT2D eigenvalue weighted by Gasteiger charge is 2.32. The number of piperidine rings is 1. The SMILES string of the molecule is O=C(C1CCCCC1)N1CCN(C(=O)C2CCNCC2)CC1. The molecule has 0 bridgehead atoms. The molecule has 0 spiro atoms. The lowest BCUT2D eigenvalue weighted by Gasteiger charge is -2.38. The summed E-state index contributed by atoms with van der Waals surface area (Å²) in [5.41, 5.74) is 0. The summed E-state index contributed by atoms with van der Waals surface area (Å²) in [6, 6.07) is 0. The van der Waals surface area contributed by atoms with Crippen LogP contribution in [0, 0.1) is 11.8 Å². The topological polar surface area (TPSA) is 52.7 Å². The van der Waals surface area contributed by atoms with Gasteiger partial charge in [-0.3, -0.25) is 9.59 Å². The summed E-state index contributed by atoms with van der Waals surface area (Å²) in [4.78, 5) is 29.1. The zero-order valence-corrected chi connectivity index (χ0v) is 13.6. The van der Waals surface area contributed by atoms with Crippen molar-refractivity contribution >= 4 is 11.8 Å². The Morgan fingerprint density at radius 1 is 0.682 bits per heavy atom. The van der Waals surface area contributed by atoms with Gasteiger partial charge in [0.25, 0.3) is 0 Å². The Balaban J connectivity index is 1.47. The number of nitrogens with one attached hydrogen (secondary N) is 1. The predicted molar refractivity (Wildman–Crippen MR) is 85.3 cm³/mol. The average Bonchev–Trinajstić information content (AvgIpc) is 2.62. The molecule has 124 valence electrons. The Bertz CT molecular complexity index is 355. The van der Waals surface area contributed by atoms with Crippen LogP contribution < -0.4 is 5.32 Å². The summed E-state index contributed by atoms with van der Waals surface area (Å²) in [5, 5.41) is 3.31. The Morgan fingerprint density at radius 3 is 1.64 bits per heavy atom. The van der Waals surface area contributed by atoms with Gasteiger partial charge in [-0.1, -0.05) is 19.3 Å². The van der Waals surface area contributed by atoms with E-state index in [0.29, 0.717) is 11.8 Å². The fourth-order valence-corrected chi connectivity index (χ4v) is 4.08. The molecule has 1 aliphatic carbocycles. The third kappa shape index (κ3) is 3.62. The number of carbonyl (C=O) groups excluding carboxylic acids is 2. The molecule has 0 aromatic heterocycles. The van der Waals surface area contributed by atoms with Gasteiger partial charge in [-0.15, -0.1) is 0 Å². The van der Waals surface area contributed by atoms with E-state index in [9.17, 15) is 9.59 Å². The molecule has 1 saturated carbocycles. The van der Waals surface area contributed by atoms with Crippen LogP contribution in [0.4, 0.5) is 0 Å². The van der Waals surface area contributed by atoms with Crippen molar-refractivity contribution in [1.82, 2.24) is 15.1 Å². The molecule has 3 aliphatic rings. The fraction of sp³-hybridized carbons (Fsp3) is 0.882. The van der Waals surface area contributed by atoms with E-state index < -0.39 is 0 Å². The molecule has 3 rings (SSSR count). The van der Waals surface area contributed by atoms with Crippen molar-refractivity contribution in [3.63, 3.8) is 0 Å². The van der Waals surface area contributed by atoms with E-state index in [1.807, 2.05) is 9.80 Å². The lowest BCUT2D eigenvalue weighted by Crippen LogP contribution is -2.53. The van der Waals surface area contributed by atoms with Crippen molar-refractivity contribution in [2.45, 2.75) is 44.9 Å². The largest absolute Gasteiger partial charge is 0.339 e. The molecule has 2 saturated heterocycles. The Morgan fingerprint density at radius 2 is 1.14 bits per heavy atom. The van der Waals surface area contributed by atoms with Gasteiger partial charge < -0.3 is 15.1 Å². The smallest absolute Gasteiger partial charge is 0.225 e. The third-order valence-electron chi connectivity index (χ3n) is 5.55. The molecule has 0 radical (unpaired) electrons. The molecule has 0 atom stereocenters. The standard InChI is InChI=1S/C17H29N3O2/c21-16(14-4-2-1-3-5-14)19-10-12-20(13-11-19)17(22)15-6-8-18-9-7-15/h14-15,18H,1-13H2. The molecule has 2 aliphatic heterocycles. The quantitative estimate of drug-likeness (QED) is 0.835. The van der Waals surface area contributed by atoms with Gasteiger partial charge in [-0.25, -0.2) is 0 Å². The Labute approximate surface area is 133 Å². The first-order valence-electron chi connectivity index (χ1n) is 9.04. The summed E-state index contributed by atoms with van der Waals surface area (Å²) in [6.07, 6.45) is 7.72. The van der Waals surface area contributed by atoms with E-state index in [1.54, 1.807) is 0 Å². The lowest BCUT2D eigenvalue weighted by atomic mass is 9.88. The monoisotopic (exact) mass is 307 g/mol. The van der Waals surface area contributed by atoms with Crippen LogP contribution in [-0.4, -0.2) is 60.9 Å². The van der Waals surface area contributed by atoms with Gasteiger partial charge >= 0.3 is 0 Å². The van der Waals surface area contributed by atoms with Crippen molar-refractivity contribution in [3.8, 4) is 0 Å². The number of nitrogens with zero attached hydrogens (tertiary/aromatic N) is 2. The van der Waals surface area contributed by atoms with Crippen molar-refractivity contribution in [1.29, 1.82) is 0 Å². The molecule has 0 unspecified atom stereocenters. The third-order valence-corrected chi connectivity index (χ3v) is 5.55. The van der Waals surface area contributed by atoms with Gasteiger partial charge in [0.1, 0.15) is 0 Å². The Hall–Kier alpha value is -1.10. The van der Waals surface area contributed by atoms with Crippen LogP contribution in [0.3, 0.4) is 0 Å². The van der Waals surface area contributed by atoms with Crippen molar-refractivity contribution < 1.29 is 9.59 Å². The first-order valence-corrected chi connectivity index (χ1v) is 9.04. The maximum atomic E-state index is 12.5. The molecule has 5 heteroatoms. The maximum absolute atomic E-state index is 12.5. The van der Waals surface area contributed by atoms with E-state index in [-0.39, 0.29) is 11.8 Å². The van der Waals surface area contributed by atoms with Gasteiger partial charge in [0.05, 0.1) is 0 Å². The molecular weight excluding hydrogens is 278 g/mol. The molecule has 1 N–H and O–H groups in total. The summed E-state index contributed by atoms with van der Waals surface area (Å²) in [7, 11) is 0. The molecular formula is C17H29N3O2. The zero-order chi connectivity index (χ0) is 15.4. The molecule has 0 aromatic rings. The minimum absolute atomic E-state index is 0.196. The number of hydrogen-bond acceptors (Lipinski definition) is 3. The van der Waals surface area contributed by atoms with Crippen LogP contribution in [0.2, 0.25) is 0 Å². The van der Waals surface area contributed by atoms with Crippen molar-refractivity contribution in [2.75, 3.05) is 39.3 Å². The number of piperazine rings is 1. The lowest BCUT2D eigenvalue weighted by molar-refractivity contribution is -0.145. The Kier molecular flexibility index (Phi) is 5.34. The summed E-state index contributed by atoms with van der Waals surface area (Å²) in [5.74, 6) is 1.10. The van der Waals surface area contributed by atoms with Crippen LogP contribution in [0.25, 0.3) is 0 Å². The van der Waals surface area contributed by atoms with Crippen molar-refractivity contribution in [3.05, 3.63) is 0 Å². The van der Waals surface area contributed by atoms with Crippen LogP contribution in [0.1, 0.15) is 44.9 Å². The summed E-state index contributed by atoms with van der Waals surface area (Å²) in [6.45, 7) is 4.81. The molecule has 22 heavy (non-hydrogen) atoms. The number of amides is 2. The highest BCUT2D eigenvalue weighted by atomic mass is 16.2. The first kappa shape index (κ1) is 15.8. The second-order valence-corrected chi connectivity index (χ2v) is 7.01. The van der Waals surface area contributed by atoms with Crippen LogP contribution in [-0.2, 0) is 9.59 Å². The van der Waals surface area contributed by atoms with E-state index >= 15 is 0 Å². The average molecular weight is 307 g/mol. The van der Waals surface area contributed by atoms with Gasteiger partial charge in [0.15, 0.2) is 0 Å². The number of rotatable bonds is 2. The van der Waals surface area contributed by atoms with E-state index in [1.165, 1.54) is 19.3 Å². The van der Waals surface area contributed by atoms with Crippen LogP contribution >= 0.6 is 0 Å². The minimum atomic E-state index is 0.196.